The molecule has 0 bridgehead atoms. The molecule has 11 heteroatoms. The van der Waals surface area contributed by atoms with Gasteiger partial charge >= 0.3 is 12.0 Å². The van der Waals surface area contributed by atoms with Crippen molar-refractivity contribution in [1.29, 1.82) is 0 Å². The molecule has 2 aromatic rings. The minimum Gasteiger partial charge on any atom is -0.493 e. The molecule has 9 nitrogen and oxygen atoms in total. The molecule has 0 unspecified atom stereocenters. The Morgan fingerprint density at radius 3 is 2.54 bits per heavy atom. The Labute approximate surface area is 210 Å². The van der Waals surface area contributed by atoms with Gasteiger partial charge in [0.25, 0.3) is 5.91 Å². The Morgan fingerprint density at radius 1 is 1.23 bits per heavy atom. The largest absolute Gasteiger partial charge is 0.493 e. The second-order valence-corrected chi connectivity index (χ2v) is 8.43. The highest BCUT2D eigenvalue weighted by atomic mass is 79.9. The molecular formula is C24H25BrFN3O6. The smallest absolute Gasteiger partial charge is 0.347 e. The summed E-state index contributed by atoms with van der Waals surface area (Å²) >= 11 is 3.43. The van der Waals surface area contributed by atoms with Gasteiger partial charge in [-0.3, -0.25) is 4.79 Å². The molecule has 0 fully saturated rings. The van der Waals surface area contributed by atoms with Gasteiger partial charge in [0.1, 0.15) is 5.82 Å². The molecule has 186 valence electrons. The standard InChI is InChI=1S/C24H25BrFN3O6/c1-5-34-23(31)13(3)35-21-17(25)10-14(11-18(21)33-4)20-19(12(2)27-24(32)29-20)22(30)28-16-8-6-15(26)7-9-16/h6-11,13,20H,5H2,1-4H3,(H,28,30)(H2,27,29,32)/t13-,20-/m0/s1. The van der Waals surface area contributed by atoms with E-state index in [0.717, 1.165) is 0 Å². The zero-order valence-corrected chi connectivity index (χ0v) is 21.1. The number of anilines is 1. The number of ether oxygens (including phenoxy) is 3. The Bertz CT molecular complexity index is 1170. The zero-order valence-electron chi connectivity index (χ0n) is 19.5. The van der Waals surface area contributed by atoms with Crippen LogP contribution in [0.3, 0.4) is 0 Å². The molecule has 0 saturated carbocycles. The maximum atomic E-state index is 13.2. The van der Waals surface area contributed by atoms with Crippen molar-refractivity contribution in [3.05, 3.63) is 63.5 Å². The molecule has 2 atom stereocenters. The topological polar surface area (TPSA) is 115 Å². The number of carbonyl (C=O) groups is 3. The van der Waals surface area contributed by atoms with Gasteiger partial charge in [-0.05, 0) is 78.7 Å². The highest BCUT2D eigenvalue weighted by Crippen LogP contribution is 2.41. The lowest BCUT2D eigenvalue weighted by atomic mass is 9.94. The van der Waals surface area contributed by atoms with E-state index in [1.165, 1.54) is 31.4 Å². The predicted molar refractivity (Wildman–Crippen MR) is 130 cm³/mol. The average Bonchev–Trinajstić information content (AvgIpc) is 2.81. The number of hydrogen-bond donors (Lipinski definition) is 3. The Kier molecular flexibility index (Phi) is 8.34. The highest BCUT2D eigenvalue weighted by Gasteiger charge is 2.33. The van der Waals surface area contributed by atoms with Crippen LogP contribution < -0.4 is 25.4 Å². The number of halogens is 2. The Balaban J connectivity index is 1.96. The summed E-state index contributed by atoms with van der Waals surface area (Å²) < 4.78 is 29.9. The Morgan fingerprint density at radius 2 is 1.91 bits per heavy atom. The SMILES string of the molecule is CCOC(=O)[C@H](C)Oc1c(Br)cc([C@@H]2NC(=O)NC(C)=C2C(=O)Nc2ccc(F)cc2)cc1OC. The van der Waals surface area contributed by atoms with E-state index in [1.54, 1.807) is 32.9 Å². The molecule has 35 heavy (non-hydrogen) atoms. The van der Waals surface area contributed by atoms with E-state index in [9.17, 15) is 18.8 Å². The molecule has 0 saturated heterocycles. The fraction of sp³-hybridized carbons (Fsp3) is 0.292. The van der Waals surface area contributed by atoms with Crippen molar-refractivity contribution >= 4 is 39.5 Å². The third kappa shape index (κ3) is 6.10. The Hall–Kier alpha value is -3.60. The monoisotopic (exact) mass is 549 g/mol. The first-order chi connectivity index (χ1) is 16.6. The molecule has 3 amide bonds. The third-order valence-corrected chi connectivity index (χ3v) is 5.70. The van der Waals surface area contributed by atoms with Crippen molar-refractivity contribution < 1.29 is 33.0 Å². The van der Waals surface area contributed by atoms with Crippen LogP contribution in [0.15, 0.2) is 52.1 Å². The lowest BCUT2D eigenvalue weighted by Gasteiger charge is -2.29. The van der Waals surface area contributed by atoms with Crippen LogP contribution in [-0.2, 0) is 14.3 Å². The molecule has 0 aliphatic carbocycles. The van der Waals surface area contributed by atoms with Crippen LogP contribution in [0, 0.1) is 5.82 Å². The summed E-state index contributed by atoms with van der Waals surface area (Å²) in [6.07, 6.45) is -0.899. The minimum atomic E-state index is -0.899. The zero-order chi connectivity index (χ0) is 25.7. The highest BCUT2D eigenvalue weighted by molar-refractivity contribution is 9.10. The normalized spacial score (nSPS) is 16.1. The van der Waals surface area contributed by atoms with Crippen molar-refractivity contribution in [3.8, 4) is 11.5 Å². The molecular weight excluding hydrogens is 525 g/mol. The van der Waals surface area contributed by atoms with Gasteiger partial charge < -0.3 is 30.2 Å². The van der Waals surface area contributed by atoms with Crippen LogP contribution in [-0.4, -0.2) is 37.7 Å². The first-order valence-corrected chi connectivity index (χ1v) is 11.5. The van der Waals surface area contributed by atoms with Gasteiger partial charge in [-0.25, -0.2) is 14.0 Å². The first-order valence-electron chi connectivity index (χ1n) is 10.7. The molecule has 1 aliphatic heterocycles. The van der Waals surface area contributed by atoms with Gasteiger partial charge in [-0.2, -0.15) is 0 Å². The van der Waals surface area contributed by atoms with Gasteiger partial charge in [0.15, 0.2) is 17.6 Å². The van der Waals surface area contributed by atoms with Crippen molar-refractivity contribution in [2.45, 2.75) is 32.9 Å². The summed E-state index contributed by atoms with van der Waals surface area (Å²) in [5.41, 5.74) is 1.51. The molecule has 3 N–H and O–H groups in total. The van der Waals surface area contributed by atoms with Crippen molar-refractivity contribution in [2.24, 2.45) is 0 Å². The van der Waals surface area contributed by atoms with Gasteiger partial charge in [0.2, 0.25) is 0 Å². The van der Waals surface area contributed by atoms with Gasteiger partial charge in [-0.15, -0.1) is 0 Å². The van der Waals surface area contributed by atoms with Crippen LogP contribution in [0.25, 0.3) is 0 Å². The number of benzene rings is 2. The van der Waals surface area contributed by atoms with Crippen LogP contribution in [0.5, 0.6) is 11.5 Å². The second kappa shape index (κ2) is 11.2. The van der Waals surface area contributed by atoms with E-state index in [2.05, 4.69) is 31.9 Å². The summed E-state index contributed by atoms with van der Waals surface area (Å²) in [6, 6.07) is 7.26. The number of amides is 3. The van der Waals surface area contributed by atoms with E-state index in [0.29, 0.717) is 21.4 Å². The van der Waals surface area contributed by atoms with E-state index in [4.69, 9.17) is 14.2 Å². The van der Waals surface area contributed by atoms with E-state index < -0.39 is 35.9 Å². The third-order valence-electron chi connectivity index (χ3n) is 5.11. The minimum absolute atomic E-state index is 0.216. The molecule has 1 aliphatic rings. The van der Waals surface area contributed by atoms with Crippen LogP contribution in [0.1, 0.15) is 32.4 Å². The summed E-state index contributed by atoms with van der Waals surface area (Å²) in [5, 5.41) is 8.06. The van der Waals surface area contributed by atoms with Gasteiger partial charge in [0.05, 0.1) is 29.8 Å². The molecule has 1 heterocycles. The number of nitrogens with one attached hydrogen (secondary N) is 3. The van der Waals surface area contributed by atoms with Crippen LogP contribution in [0.4, 0.5) is 14.9 Å². The van der Waals surface area contributed by atoms with E-state index in [-0.39, 0.29) is 23.7 Å². The number of rotatable bonds is 8. The average molecular weight is 550 g/mol. The van der Waals surface area contributed by atoms with E-state index >= 15 is 0 Å². The van der Waals surface area contributed by atoms with Gasteiger partial charge in [0, 0.05) is 11.4 Å². The maximum Gasteiger partial charge on any atom is 0.347 e. The number of carbonyl (C=O) groups excluding carboxylic acids is 3. The maximum absolute atomic E-state index is 13.2. The molecule has 0 aromatic heterocycles. The van der Waals surface area contributed by atoms with Crippen molar-refractivity contribution in [2.75, 3.05) is 19.0 Å². The number of urea groups is 1. The van der Waals surface area contributed by atoms with Crippen molar-refractivity contribution in [3.63, 3.8) is 0 Å². The summed E-state index contributed by atoms with van der Waals surface area (Å²) in [5.74, 6) is -0.920. The molecule has 2 aromatic carbocycles. The van der Waals surface area contributed by atoms with Crippen LogP contribution in [0.2, 0.25) is 0 Å². The molecule has 0 radical (unpaired) electrons. The van der Waals surface area contributed by atoms with Crippen molar-refractivity contribution in [1.82, 2.24) is 10.6 Å². The second-order valence-electron chi connectivity index (χ2n) is 7.58. The number of hydrogen-bond acceptors (Lipinski definition) is 6. The predicted octanol–water partition coefficient (Wildman–Crippen LogP) is 4.19. The fourth-order valence-electron chi connectivity index (χ4n) is 3.48. The summed E-state index contributed by atoms with van der Waals surface area (Å²) in [4.78, 5) is 37.4. The summed E-state index contributed by atoms with van der Waals surface area (Å²) in [7, 11) is 1.43. The van der Waals surface area contributed by atoms with E-state index in [1.807, 2.05) is 0 Å². The number of methoxy groups -OCH3 is 1. The van der Waals surface area contributed by atoms with Gasteiger partial charge in [-0.1, -0.05) is 0 Å². The lowest BCUT2D eigenvalue weighted by Crippen LogP contribution is -2.46. The fourth-order valence-corrected chi connectivity index (χ4v) is 4.04. The summed E-state index contributed by atoms with van der Waals surface area (Å²) in [6.45, 7) is 5.07. The lowest BCUT2D eigenvalue weighted by molar-refractivity contribution is -0.150. The first kappa shape index (κ1) is 26.0. The van der Waals surface area contributed by atoms with Crippen LogP contribution >= 0.6 is 15.9 Å². The molecule has 0 spiro atoms. The quantitative estimate of drug-likeness (QED) is 0.425. The number of esters is 1. The molecule has 3 rings (SSSR count). The number of allylic oxidation sites excluding steroid dienone is 1.